The summed E-state index contributed by atoms with van der Waals surface area (Å²) in [6, 6.07) is 16.4. The number of hydrogen-bond donors (Lipinski definition) is 0. The van der Waals surface area contributed by atoms with E-state index in [2.05, 4.69) is 20.8 Å². The van der Waals surface area contributed by atoms with E-state index < -0.39 is 5.97 Å². The van der Waals surface area contributed by atoms with E-state index in [1.54, 1.807) is 24.3 Å². The van der Waals surface area contributed by atoms with Crippen LogP contribution in [0.3, 0.4) is 0 Å². The number of rotatable bonds is 5. The number of carbonyl (C=O) groups excluding carboxylic acids is 2. The quantitative estimate of drug-likeness (QED) is 0.650. The summed E-state index contributed by atoms with van der Waals surface area (Å²) in [4.78, 5) is 27.1. The smallest absolute Gasteiger partial charge is 0.338 e. The van der Waals surface area contributed by atoms with E-state index >= 15 is 0 Å². The van der Waals surface area contributed by atoms with E-state index in [1.165, 1.54) is 0 Å². The molecule has 5 nitrogen and oxygen atoms in total. The fraction of sp³-hybridized carbons (Fsp3) is 0.440. The third-order valence-electron chi connectivity index (χ3n) is 6.13. The number of ether oxygens (including phenoxy) is 2. The molecule has 0 spiro atoms. The first-order valence-electron chi connectivity index (χ1n) is 10.5. The van der Waals surface area contributed by atoms with Crippen molar-refractivity contribution in [3.63, 3.8) is 0 Å². The molecular formula is C25H29NO4. The lowest BCUT2D eigenvalue weighted by molar-refractivity contribution is -0.135. The van der Waals surface area contributed by atoms with E-state index in [0.717, 1.165) is 31.6 Å². The summed E-state index contributed by atoms with van der Waals surface area (Å²) < 4.78 is 11.1. The van der Waals surface area contributed by atoms with Gasteiger partial charge in [0, 0.05) is 12.6 Å². The van der Waals surface area contributed by atoms with Gasteiger partial charge in [0.2, 0.25) is 0 Å². The first kappa shape index (κ1) is 20.5. The van der Waals surface area contributed by atoms with Crippen molar-refractivity contribution in [3.8, 4) is 11.5 Å². The topological polar surface area (TPSA) is 55.8 Å². The van der Waals surface area contributed by atoms with Crippen LogP contribution in [0.1, 0.15) is 50.4 Å². The molecule has 158 valence electrons. The second-order valence-electron chi connectivity index (χ2n) is 9.75. The molecule has 0 N–H and O–H groups in total. The van der Waals surface area contributed by atoms with E-state index in [-0.39, 0.29) is 29.4 Å². The third-order valence-corrected chi connectivity index (χ3v) is 6.13. The maximum atomic E-state index is 12.8. The Morgan fingerprint density at radius 1 is 0.967 bits per heavy atom. The Morgan fingerprint density at radius 2 is 1.63 bits per heavy atom. The van der Waals surface area contributed by atoms with Crippen LogP contribution in [0.15, 0.2) is 54.6 Å². The van der Waals surface area contributed by atoms with Crippen molar-refractivity contribution >= 4 is 11.9 Å². The molecule has 0 aromatic heterocycles. The van der Waals surface area contributed by atoms with Crippen LogP contribution < -0.4 is 4.74 Å². The van der Waals surface area contributed by atoms with Crippen LogP contribution in [0.2, 0.25) is 0 Å². The molecule has 2 aliphatic rings. The van der Waals surface area contributed by atoms with E-state index in [9.17, 15) is 9.59 Å². The van der Waals surface area contributed by atoms with E-state index in [4.69, 9.17) is 9.47 Å². The fourth-order valence-corrected chi connectivity index (χ4v) is 5.33. The van der Waals surface area contributed by atoms with Gasteiger partial charge in [-0.2, -0.15) is 0 Å². The van der Waals surface area contributed by atoms with Crippen molar-refractivity contribution in [2.45, 2.75) is 46.1 Å². The second kappa shape index (κ2) is 7.78. The molecule has 30 heavy (non-hydrogen) atoms. The van der Waals surface area contributed by atoms with E-state index in [0.29, 0.717) is 11.3 Å². The zero-order valence-corrected chi connectivity index (χ0v) is 17.9. The largest absolute Gasteiger partial charge is 0.457 e. The number of hydrogen-bond acceptors (Lipinski definition) is 4. The van der Waals surface area contributed by atoms with Crippen molar-refractivity contribution in [2.75, 3.05) is 13.2 Å². The van der Waals surface area contributed by atoms with Crippen molar-refractivity contribution in [2.24, 2.45) is 10.8 Å². The van der Waals surface area contributed by atoms with Gasteiger partial charge < -0.3 is 14.4 Å². The SMILES string of the molecule is CC1(C)C[C@@H]2C[C@](C)(CN2C(=O)COC(=O)c2ccc(Oc3ccccc3)cc2)C1. The zero-order valence-electron chi connectivity index (χ0n) is 17.9. The predicted octanol–water partition coefficient (Wildman–Crippen LogP) is 5.06. The van der Waals surface area contributed by atoms with Crippen LogP contribution >= 0.6 is 0 Å². The minimum atomic E-state index is -0.497. The standard InChI is InChI=1S/C25H29NO4/c1-24(2)13-19-14-25(3,16-24)17-26(19)22(27)15-29-23(28)18-9-11-21(12-10-18)30-20-7-5-4-6-8-20/h4-12,19H,13-17H2,1-3H3/t19-,25+/m1/s1. The molecule has 2 bridgehead atoms. The third kappa shape index (κ3) is 4.50. The minimum absolute atomic E-state index is 0.0983. The molecule has 2 atom stereocenters. The normalized spacial score (nSPS) is 24.4. The predicted molar refractivity (Wildman–Crippen MR) is 114 cm³/mol. The Bertz CT molecular complexity index is 922. The lowest BCUT2D eigenvalue weighted by Gasteiger charge is -2.39. The second-order valence-corrected chi connectivity index (χ2v) is 9.75. The highest BCUT2D eigenvalue weighted by atomic mass is 16.5. The molecule has 1 saturated carbocycles. The first-order chi connectivity index (χ1) is 14.2. The zero-order chi connectivity index (χ0) is 21.4. The van der Waals surface area contributed by atoms with Gasteiger partial charge in [-0.25, -0.2) is 4.79 Å². The number of benzene rings is 2. The van der Waals surface area contributed by atoms with Gasteiger partial charge in [-0.3, -0.25) is 4.79 Å². The molecule has 1 saturated heterocycles. The maximum absolute atomic E-state index is 12.8. The monoisotopic (exact) mass is 407 g/mol. The van der Waals surface area contributed by atoms with Crippen molar-refractivity contribution in [1.29, 1.82) is 0 Å². The van der Waals surface area contributed by atoms with Crippen LogP contribution in [0, 0.1) is 10.8 Å². The molecule has 1 aliphatic carbocycles. The lowest BCUT2D eigenvalue weighted by Crippen LogP contribution is -2.39. The van der Waals surface area contributed by atoms with Crippen molar-refractivity contribution < 1.29 is 19.1 Å². The summed E-state index contributed by atoms with van der Waals surface area (Å²) in [6.07, 6.45) is 3.17. The number of nitrogens with zero attached hydrogens (tertiary/aromatic N) is 1. The Balaban J connectivity index is 1.32. The summed E-state index contributed by atoms with van der Waals surface area (Å²) in [5.41, 5.74) is 0.810. The highest BCUT2D eigenvalue weighted by molar-refractivity contribution is 5.91. The molecule has 2 aromatic carbocycles. The van der Waals surface area contributed by atoms with Crippen LogP contribution in [-0.2, 0) is 9.53 Å². The summed E-state index contributed by atoms with van der Waals surface area (Å²) in [5.74, 6) is 0.766. The minimum Gasteiger partial charge on any atom is -0.457 e. The van der Waals surface area contributed by atoms with Gasteiger partial charge in [0.15, 0.2) is 6.61 Å². The maximum Gasteiger partial charge on any atom is 0.338 e. The van der Waals surface area contributed by atoms with Gasteiger partial charge in [-0.15, -0.1) is 0 Å². The summed E-state index contributed by atoms with van der Waals surface area (Å²) in [5, 5.41) is 0. The molecule has 1 heterocycles. The highest BCUT2D eigenvalue weighted by Gasteiger charge is 2.50. The Kier molecular flexibility index (Phi) is 5.31. The Hall–Kier alpha value is -2.82. The number of likely N-dealkylation sites (tertiary alicyclic amines) is 1. The number of esters is 1. The molecule has 1 aliphatic heterocycles. The first-order valence-corrected chi connectivity index (χ1v) is 10.5. The van der Waals surface area contributed by atoms with Gasteiger partial charge in [0.1, 0.15) is 11.5 Å². The van der Waals surface area contributed by atoms with E-state index in [1.807, 2.05) is 35.2 Å². The van der Waals surface area contributed by atoms with Crippen molar-refractivity contribution in [1.82, 2.24) is 4.90 Å². The molecular weight excluding hydrogens is 378 g/mol. The number of amides is 1. The average molecular weight is 408 g/mol. The number of carbonyl (C=O) groups is 2. The fourth-order valence-electron chi connectivity index (χ4n) is 5.33. The molecule has 0 radical (unpaired) electrons. The molecule has 5 heteroatoms. The van der Waals surface area contributed by atoms with Crippen LogP contribution in [0.5, 0.6) is 11.5 Å². The highest BCUT2D eigenvalue weighted by Crippen LogP contribution is 2.52. The van der Waals surface area contributed by atoms with Gasteiger partial charge in [-0.1, -0.05) is 39.0 Å². The van der Waals surface area contributed by atoms with Gasteiger partial charge >= 0.3 is 5.97 Å². The van der Waals surface area contributed by atoms with Gasteiger partial charge in [-0.05, 0) is 66.5 Å². The molecule has 2 fully saturated rings. The summed E-state index contributed by atoms with van der Waals surface area (Å²) >= 11 is 0. The average Bonchev–Trinajstić information content (AvgIpc) is 2.96. The molecule has 4 rings (SSSR count). The summed E-state index contributed by atoms with van der Waals surface area (Å²) in [6.45, 7) is 7.35. The number of fused-ring (bicyclic) bond motifs is 2. The Labute approximate surface area is 178 Å². The Morgan fingerprint density at radius 3 is 2.33 bits per heavy atom. The lowest BCUT2D eigenvalue weighted by atomic mass is 9.65. The molecule has 2 aromatic rings. The summed E-state index contributed by atoms with van der Waals surface area (Å²) in [7, 11) is 0. The van der Waals surface area contributed by atoms with Gasteiger partial charge in [0.25, 0.3) is 5.91 Å². The van der Waals surface area contributed by atoms with Crippen LogP contribution in [-0.4, -0.2) is 36.0 Å². The van der Waals surface area contributed by atoms with Gasteiger partial charge in [0.05, 0.1) is 5.56 Å². The molecule has 1 amide bonds. The number of para-hydroxylation sites is 1. The molecule has 0 unspecified atom stereocenters. The van der Waals surface area contributed by atoms with Crippen LogP contribution in [0.4, 0.5) is 0 Å². The van der Waals surface area contributed by atoms with Crippen LogP contribution in [0.25, 0.3) is 0 Å². The van der Waals surface area contributed by atoms with Crippen molar-refractivity contribution in [3.05, 3.63) is 60.2 Å².